The van der Waals surface area contributed by atoms with Gasteiger partial charge in [-0.3, -0.25) is 4.79 Å². The first kappa shape index (κ1) is 20.8. The zero-order valence-corrected chi connectivity index (χ0v) is 16.5. The first-order valence-corrected chi connectivity index (χ1v) is 9.04. The predicted molar refractivity (Wildman–Crippen MR) is 105 cm³/mol. The number of aromatic amines is 1. The standard InChI is InChI=1S/C18H21N7O5/c1-9(2)4-13(21-18(27)28)17(26)20-12-6-14(29-3)11(15-7-19-8-30-15)5-10(12)16-22-24-25-23-16/h5-9,13,21H,4H2,1-3H3,(H,20,26)(H,27,28)(H,22,23,24,25). The molecule has 0 spiro atoms. The van der Waals surface area contributed by atoms with Gasteiger partial charge >= 0.3 is 6.09 Å². The number of H-pyrrole nitrogens is 1. The van der Waals surface area contributed by atoms with Crippen LogP contribution in [0.5, 0.6) is 5.75 Å². The molecule has 0 saturated carbocycles. The lowest BCUT2D eigenvalue weighted by Crippen LogP contribution is -2.44. The number of methoxy groups -OCH3 is 1. The molecule has 30 heavy (non-hydrogen) atoms. The molecule has 1 aromatic carbocycles. The maximum atomic E-state index is 12.8. The van der Waals surface area contributed by atoms with Gasteiger partial charge in [-0.05, 0) is 23.6 Å². The Morgan fingerprint density at radius 1 is 1.30 bits per heavy atom. The van der Waals surface area contributed by atoms with Gasteiger partial charge in [-0.1, -0.05) is 13.8 Å². The fraction of sp³-hybridized carbons (Fsp3) is 0.333. The molecule has 3 aromatic rings. The summed E-state index contributed by atoms with van der Waals surface area (Å²) in [5.41, 5.74) is 1.32. The number of carbonyl (C=O) groups is 2. The highest BCUT2D eigenvalue weighted by Gasteiger charge is 2.25. The minimum Gasteiger partial charge on any atom is -0.496 e. The van der Waals surface area contributed by atoms with Crippen molar-refractivity contribution in [3.63, 3.8) is 0 Å². The number of carboxylic acid groups (broad SMARTS) is 1. The third-order valence-corrected chi connectivity index (χ3v) is 4.20. The Kier molecular flexibility index (Phi) is 6.25. The maximum absolute atomic E-state index is 12.8. The van der Waals surface area contributed by atoms with Crippen molar-refractivity contribution in [2.75, 3.05) is 12.4 Å². The van der Waals surface area contributed by atoms with Crippen LogP contribution in [0, 0.1) is 5.92 Å². The molecule has 0 saturated heterocycles. The van der Waals surface area contributed by atoms with Gasteiger partial charge in [-0.2, -0.15) is 5.21 Å². The van der Waals surface area contributed by atoms with E-state index in [1.54, 1.807) is 12.1 Å². The molecule has 0 aliphatic carbocycles. The zero-order chi connectivity index (χ0) is 21.7. The van der Waals surface area contributed by atoms with Gasteiger partial charge in [-0.25, -0.2) is 9.78 Å². The van der Waals surface area contributed by atoms with Crippen molar-refractivity contribution in [1.82, 2.24) is 30.9 Å². The molecule has 12 nitrogen and oxygen atoms in total. The minimum absolute atomic E-state index is 0.0904. The number of ether oxygens (including phenoxy) is 1. The van der Waals surface area contributed by atoms with Crippen LogP contribution in [0.15, 0.2) is 29.1 Å². The molecule has 2 heterocycles. The van der Waals surface area contributed by atoms with Gasteiger partial charge in [0, 0.05) is 11.6 Å². The van der Waals surface area contributed by atoms with Crippen LogP contribution in [-0.4, -0.2) is 55.9 Å². The van der Waals surface area contributed by atoms with E-state index in [1.807, 2.05) is 13.8 Å². The number of anilines is 1. The van der Waals surface area contributed by atoms with E-state index >= 15 is 0 Å². The van der Waals surface area contributed by atoms with E-state index in [9.17, 15) is 9.59 Å². The summed E-state index contributed by atoms with van der Waals surface area (Å²) in [6.07, 6.45) is 1.84. The van der Waals surface area contributed by atoms with Crippen LogP contribution in [0.2, 0.25) is 0 Å². The summed E-state index contributed by atoms with van der Waals surface area (Å²) in [7, 11) is 1.47. The Labute approximate surface area is 171 Å². The van der Waals surface area contributed by atoms with Crippen molar-refractivity contribution >= 4 is 17.7 Å². The number of hydrogen-bond acceptors (Lipinski definition) is 8. The summed E-state index contributed by atoms with van der Waals surface area (Å²) in [6.45, 7) is 3.79. The highest BCUT2D eigenvalue weighted by Crippen LogP contribution is 2.38. The van der Waals surface area contributed by atoms with Gasteiger partial charge in [0.15, 0.2) is 12.2 Å². The van der Waals surface area contributed by atoms with Crippen molar-refractivity contribution in [2.45, 2.75) is 26.3 Å². The van der Waals surface area contributed by atoms with Crippen LogP contribution < -0.4 is 15.4 Å². The SMILES string of the molecule is COc1cc(NC(=O)C(CC(C)C)NC(=O)O)c(-c2nn[nH]n2)cc1-c1cnco1. The van der Waals surface area contributed by atoms with Crippen molar-refractivity contribution < 1.29 is 23.8 Å². The van der Waals surface area contributed by atoms with Gasteiger partial charge in [0.1, 0.15) is 11.8 Å². The fourth-order valence-electron chi connectivity index (χ4n) is 2.93. The van der Waals surface area contributed by atoms with Crippen molar-refractivity contribution in [2.24, 2.45) is 5.92 Å². The molecule has 2 amide bonds. The Morgan fingerprint density at radius 2 is 2.10 bits per heavy atom. The molecule has 4 N–H and O–H groups in total. The summed E-state index contributed by atoms with van der Waals surface area (Å²) in [5.74, 6) is 0.638. The normalized spacial score (nSPS) is 11.9. The van der Waals surface area contributed by atoms with Crippen LogP contribution >= 0.6 is 0 Å². The molecule has 1 atom stereocenters. The lowest BCUT2D eigenvalue weighted by molar-refractivity contribution is -0.118. The average molecular weight is 415 g/mol. The summed E-state index contributed by atoms with van der Waals surface area (Å²) < 4.78 is 10.8. The quantitative estimate of drug-likeness (QED) is 0.430. The fourth-order valence-corrected chi connectivity index (χ4v) is 2.93. The molecular weight excluding hydrogens is 394 g/mol. The molecule has 0 radical (unpaired) electrons. The number of amides is 2. The van der Waals surface area contributed by atoms with Crippen LogP contribution in [0.4, 0.5) is 10.5 Å². The average Bonchev–Trinajstić information content (AvgIpc) is 3.40. The van der Waals surface area contributed by atoms with Gasteiger partial charge in [0.05, 0.1) is 24.6 Å². The summed E-state index contributed by atoms with van der Waals surface area (Å²) in [6, 6.07) is 2.30. The van der Waals surface area contributed by atoms with Crippen molar-refractivity contribution in [1.29, 1.82) is 0 Å². The van der Waals surface area contributed by atoms with E-state index in [0.717, 1.165) is 0 Å². The van der Waals surface area contributed by atoms with Gasteiger partial charge in [-0.15, -0.1) is 10.2 Å². The second-order valence-electron chi connectivity index (χ2n) is 6.82. The van der Waals surface area contributed by atoms with E-state index in [-0.39, 0.29) is 11.7 Å². The van der Waals surface area contributed by atoms with E-state index in [0.29, 0.717) is 34.7 Å². The van der Waals surface area contributed by atoms with Gasteiger partial charge in [0.2, 0.25) is 11.7 Å². The second kappa shape index (κ2) is 9.03. The van der Waals surface area contributed by atoms with Crippen LogP contribution in [0.3, 0.4) is 0 Å². The van der Waals surface area contributed by atoms with Gasteiger partial charge < -0.3 is 24.9 Å². The molecule has 0 aliphatic rings. The van der Waals surface area contributed by atoms with Crippen LogP contribution in [0.25, 0.3) is 22.7 Å². The van der Waals surface area contributed by atoms with E-state index in [4.69, 9.17) is 14.3 Å². The lowest BCUT2D eigenvalue weighted by atomic mass is 10.0. The van der Waals surface area contributed by atoms with E-state index in [1.165, 1.54) is 19.7 Å². The van der Waals surface area contributed by atoms with Crippen LogP contribution in [-0.2, 0) is 4.79 Å². The summed E-state index contributed by atoms with van der Waals surface area (Å²) in [5, 5.41) is 28.0. The van der Waals surface area contributed by atoms with E-state index < -0.39 is 18.0 Å². The Hall–Kier alpha value is -3.96. The first-order chi connectivity index (χ1) is 14.4. The van der Waals surface area contributed by atoms with Crippen LogP contribution in [0.1, 0.15) is 20.3 Å². The monoisotopic (exact) mass is 415 g/mol. The number of nitrogens with one attached hydrogen (secondary N) is 3. The molecule has 158 valence electrons. The maximum Gasteiger partial charge on any atom is 0.405 e. The highest BCUT2D eigenvalue weighted by molar-refractivity contribution is 6.00. The number of nitrogens with zero attached hydrogens (tertiary/aromatic N) is 4. The summed E-state index contributed by atoms with van der Waals surface area (Å²) in [4.78, 5) is 27.9. The van der Waals surface area contributed by atoms with Gasteiger partial charge in [0.25, 0.3) is 0 Å². The number of benzene rings is 1. The molecule has 3 rings (SSSR count). The third-order valence-electron chi connectivity index (χ3n) is 4.20. The number of aromatic nitrogens is 5. The minimum atomic E-state index is -1.28. The van der Waals surface area contributed by atoms with Crippen molar-refractivity contribution in [3.8, 4) is 28.5 Å². The Bertz CT molecular complexity index is 1000. The second-order valence-corrected chi connectivity index (χ2v) is 6.82. The Balaban J connectivity index is 2.02. The molecule has 0 fully saturated rings. The molecule has 0 bridgehead atoms. The number of rotatable bonds is 8. The number of tetrazole rings is 1. The Morgan fingerprint density at radius 3 is 2.67 bits per heavy atom. The molecular formula is C18H21N7O5. The first-order valence-electron chi connectivity index (χ1n) is 9.04. The molecule has 1 unspecified atom stereocenters. The molecule has 12 heteroatoms. The summed E-state index contributed by atoms with van der Waals surface area (Å²) >= 11 is 0. The molecule has 0 aliphatic heterocycles. The van der Waals surface area contributed by atoms with Crippen molar-refractivity contribution in [3.05, 3.63) is 24.7 Å². The van der Waals surface area contributed by atoms with E-state index in [2.05, 4.69) is 36.2 Å². The smallest absolute Gasteiger partial charge is 0.405 e. The number of oxazole rings is 1. The predicted octanol–water partition coefficient (Wildman–Crippen LogP) is 2.15. The lowest BCUT2D eigenvalue weighted by Gasteiger charge is -2.20. The number of hydrogen-bond donors (Lipinski definition) is 4. The highest BCUT2D eigenvalue weighted by atomic mass is 16.5. The zero-order valence-electron chi connectivity index (χ0n) is 16.5. The topological polar surface area (TPSA) is 168 Å². The third kappa shape index (κ3) is 4.71. The number of carbonyl (C=O) groups excluding carboxylic acids is 1. The largest absolute Gasteiger partial charge is 0.496 e. The molecule has 2 aromatic heterocycles.